The van der Waals surface area contributed by atoms with Gasteiger partial charge in [-0.05, 0) is 43.0 Å². The fraction of sp³-hybridized carbons (Fsp3) is 0.471. The number of ether oxygens (including phenoxy) is 1. The zero-order chi connectivity index (χ0) is 14.8. The highest BCUT2D eigenvalue weighted by atomic mass is 16.5. The number of carbonyl (C=O) groups is 1. The monoisotopic (exact) mass is 286 g/mol. The minimum Gasteiger partial charge on any atom is -0.497 e. The number of nitrogens with zero attached hydrogens (tertiary/aromatic N) is 1. The minimum absolute atomic E-state index is 0.199. The summed E-state index contributed by atoms with van der Waals surface area (Å²) >= 11 is 0. The average Bonchev–Trinajstić information content (AvgIpc) is 2.94. The molecule has 2 aliphatic heterocycles. The molecule has 1 amide bonds. The molecule has 3 rings (SSSR count). The van der Waals surface area contributed by atoms with Gasteiger partial charge in [0.05, 0.1) is 13.2 Å². The van der Waals surface area contributed by atoms with Gasteiger partial charge in [-0.1, -0.05) is 12.1 Å². The lowest BCUT2D eigenvalue weighted by Gasteiger charge is -2.28. The van der Waals surface area contributed by atoms with Crippen LogP contribution in [-0.2, 0) is 4.79 Å². The summed E-state index contributed by atoms with van der Waals surface area (Å²) < 4.78 is 5.20. The number of amides is 1. The van der Waals surface area contributed by atoms with E-state index in [-0.39, 0.29) is 11.9 Å². The molecule has 4 nitrogen and oxygen atoms in total. The molecule has 112 valence electrons. The van der Waals surface area contributed by atoms with E-state index in [9.17, 15) is 4.79 Å². The van der Waals surface area contributed by atoms with E-state index >= 15 is 0 Å². The number of hydrogen-bond acceptors (Lipinski definition) is 3. The second-order valence-electron chi connectivity index (χ2n) is 5.76. The molecule has 4 heteroatoms. The lowest BCUT2D eigenvalue weighted by atomic mass is 10.0. The Hall–Kier alpha value is -1.81. The number of nitrogens with one attached hydrogen (secondary N) is 1. The zero-order valence-electron chi connectivity index (χ0n) is 12.7. The third-order valence-electron chi connectivity index (χ3n) is 4.54. The van der Waals surface area contributed by atoms with Gasteiger partial charge in [0.15, 0.2) is 0 Å². The van der Waals surface area contributed by atoms with Gasteiger partial charge in [0.1, 0.15) is 5.75 Å². The Morgan fingerprint density at radius 2 is 2.00 bits per heavy atom. The first-order valence-corrected chi connectivity index (χ1v) is 7.55. The van der Waals surface area contributed by atoms with E-state index in [0.717, 1.165) is 43.8 Å². The van der Waals surface area contributed by atoms with Crippen LogP contribution in [0, 0.1) is 0 Å². The molecule has 1 atom stereocenters. The Balaban J connectivity index is 1.79. The third-order valence-corrected chi connectivity index (χ3v) is 4.54. The summed E-state index contributed by atoms with van der Waals surface area (Å²) in [6.07, 6.45) is 2.11. The standard InChI is InChI=1S/C17H22N2O2/c1-12(14-10-18-11-14)17(20)19-9-3-4-16(19)13-5-7-15(21-2)8-6-13/h5-8,16,18H,3-4,9-11H2,1-2H3. The fourth-order valence-corrected chi connectivity index (χ4v) is 3.06. The first-order chi connectivity index (χ1) is 10.2. The topological polar surface area (TPSA) is 41.6 Å². The zero-order valence-corrected chi connectivity index (χ0v) is 12.7. The predicted molar refractivity (Wildman–Crippen MR) is 82.3 cm³/mol. The maximum atomic E-state index is 12.7. The van der Waals surface area contributed by atoms with Crippen molar-refractivity contribution in [3.63, 3.8) is 0 Å². The van der Waals surface area contributed by atoms with E-state index in [1.807, 2.05) is 24.0 Å². The summed E-state index contributed by atoms with van der Waals surface area (Å²) in [5.74, 6) is 1.05. The van der Waals surface area contributed by atoms with Crippen molar-refractivity contribution in [1.29, 1.82) is 0 Å². The Morgan fingerprint density at radius 1 is 1.29 bits per heavy atom. The van der Waals surface area contributed by atoms with Gasteiger partial charge in [-0.15, -0.1) is 0 Å². The third kappa shape index (κ3) is 2.68. The van der Waals surface area contributed by atoms with Crippen LogP contribution in [0.2, 0.25) is 0 Å². The number of benzene rings is 1. The lowest BCUT2D eigenvalue weighted by Crippen LogP contribution is -2.39. The van der Waals surface area contributed by atoms with Crippen LogP contribution in [0.1, 0.15) is 31.4 Å². The average molecular weight is 286 g/mol. The molecule has 1 unspecified atom stereocenters. The molecule has 21 heavy (non-hydrogen) atoms. The van der Waals surface area contributed by atoms with Crippen LogP contribution in [0.4, 0.5) is 0 Å². The molecular weight excluding hydrogens is 264 g/mol. The van der Waals surface area contributed by atoms with E-state index in [1.54, 1.807) is 7.11 Å². The molecule has 1 N–H and O–H groups in total. The van der Waals surface area contributed by atoms with E-state index in [0.29, 0.717) is 0 Å². The van der Waals surface area contributed by atoms with Crippen molar-refractivity contribution in [1.82, 2.24) is 10.2 Å². The van der Waals surface area contributed by atoms with E-state index in [1.165, 1.54) is 11.1 Å². The number of rotatable bonds is 3. The van der Waals surface area contributed by atoms with Crippen molar-refractivity contribution in [2.75, 3.05) is 26.7 Å². The largest absolute Gasteiger partial charge is 0.497 e. The molecule has 0 bridgehead atoms. The van der Waals surface area contributed by atoms with Crippen molar-refractivity contribution in [3.05, 3.63) is 41.0 Å². The minimum atomic E-state index is 0.199. The molecule has 1 aromatic carbocycles. The Morgan fingerprint density at radius 3 is 2.57 bits per heavy atom. The van der Waals surface area contributed by atoms with Gasteiger partial charge in [-0.3, -0.25) is 4.79 Å². The van der Waals surface area contributed by atoms with Crippen molar-refractivity contribution in [2.24, 2.45) is 0 Å². The summed E-state index contributed by atoms with van der Waals surface area (Å²) in [7, 11) is 1.67. The quantitative estimate of drug-likeness (QED) is 0.867. The summed E-state index contributed by atoms with van der Waals surface area (Å²) in [5, 5.41) is 3.20. The molecule has 2 aliphatic rings. The van der Waals surface area contributed by atoms with Gasteiger partial charge < -0.3 is 15.0 Å². The van der Waals surface area contributed by atoms with Crippen LogP contribution in [0.3, 0.4) is 0 Å². The SMILES string of the molecule is COc1ccc(C2CCCN2C(=O)C(C)=C2CNC2)cc1. The van der Waals surface area contributed by atoms with Crippen molar-refractivity contribution >= 4 is 5.91 Å². The number of carbonyl (C=O) groups excluding carboxylic acids is 1. The predicted octanol–water partition coefficient (Wildman–Crippen LogP) is 2.28. The van der Waals surface area contributed by atoms with Crippen LogP contribution < -0.4 is 10.1 Å². The summed E-state index contributed by atoms with van der Waals surface area (Å²) in [6.45, 7) is 4.53. The summed E-state index contributed by atoms with van der Waals surface area (Å²) in [5.41, 5.74) is 3.38. The van der Waals surface area contributed by atoms with Crippen LogP contribution in [0.15, 0.2) is 35.4 Å². The Labute approximate surface area is 125 Å². The van der Waals surface area contributed by atoms with Gasteiger partial charge in [0, 0.05) is 25.2 Å². The highest BCUT2D eigenvalue weighted by Crippen LogP contribution is 2.34. The van der Waals surface area contributed by atoms with Gasteiger partial charge in [-0.2, -0.15) is 0 Å². The number of methoxy groups -OCH3 is 1. The van der Waals surface area contributed by atoms with Crippen molar-refractivity contribution in [3.8, 4) is 5.75 Å². The molecule has 0 aliphatic carbocycles. The second-order valence-corrected chi connectivity index (χ2v) is 5.76. The Kier molecular flexibility index (Phi) is 3.97. The molecule has 2 heterocycles. The van der Waals surface area contributed by atoms with E-state index in [2.05, 4.69) is 17.4 Å². The highest BCUT2D eigenvalue weighted by molar-refractivity contribution is 5.94. The molecule has 0 radical (unpaired) electrons. The van der Waals surface area contributed by atoms with Crippen LogP contribution in [0.5, 0.6) is 5.75 Å². The summed E-state index contributed by atoms with van der Waals surface area (Å²) in [4.78, 5) is 14.7. The van der Waals surface area contributed by atoms with Gasteiger partial charge in [-0.25, -0.2) is 0 Å². The molecule has 2 fully saturated rings. The van der Waals surface area contributed by atoms with Gasteiger partial charge in [0.2, 0.25) is 5.91 Å². The van der Waals surface area contributed by atoms with Crippen molar-refractivity contribution in [2.45, 2.75) is 25.8 Å². The lowest BCUT2D eigenvalue weighted by molar-refractivity contribution is -0.128. The molecule has 0 saturated carbocycles. The summed E-state index contributed by atoms with van der Waals surface area (Å²) in [6, 6.07) is 8.28. The normalized spacial score (nSPS) is 21.1. The second kappa shape index (κ2) is 5.90. The maximum absolute atomic E-state index is 12.7. The molecule has 1 aromatic rings. The highest BCUT2D eigenvalue weighted by Gasteiger charge is 2.31. The number of likely N-dealkylation sites (tertiary alicyclic amines) is 1. The van der Waals surface area contributed by atoms with Crippen LogP contribution >= 0.6 is 0 Å². The van der Waals surface area contributed by atoms with E-state index < -0.39 is 0 Å². The number of hydrogen-bond donors (Lipinski definition) is 1. The molecule has 0 aromatic heterocycles. The molecule has 2 saturated heterocycles. The van der Waals surface area contributed by atoms with Crippen LogP contribution in [-0.4, -0.2) is 37.6 Å². The Bertz CT molecular complexity index is 557. The first kappa shape index (κ1) is 14.1. The maximum Gasteiger partial charge on any atom is 0.250 e. The van der Waals surface area contributed by atoms with Crippen molar-refractivity contribution < 1.29 is 9.53 Å². The molecule has 0 spiro atoms. The van der Waals surface area contributed by atoms with Gasteiger partial charge in [0.25, 0.3) is 0 Å². The molecular formula is C17H22N2O2. The first-order valence-electron chi connectivity index (χ1n) is 7.55. The fourth-order valence-electron chi connectivity index (χ4n) is 3.06. The van der Waals surface area contributed by atoms with Crippen LogP contribution in [0.25, 0.3) is 0 Å². The smallest absolute Gasteiger partial charge is 0.250 e. The van der Waals surface area contributed by atoms with E-state index in [4.69, 9.17) is 4.74 Å². The van der Waals surface area contributed by atoms with Gasteiger partial charge >= 0.3 is 0 Å².